The van der Waals surface area contributed by atoms with Crippen molar-refractivity contribution in [3.63, 3.8) is 0 Å². The summed E-state index contributed by atoms with van der Waals surface area (Å²) >= 11 is 4.99. The fourth-order valence-corrected chi connectivity index (χ4v) is 2.20. The minimum atomic E-state index is 0.464. The lowest BCUT2D eigenvalue weighted by Crippen LogP contribution is -2.17. The number of aromatic nitrogens is 2. The number of ether oxygens (including phenoxy) is 1. The van der Waals surface area contributed by atoms with Gasteiger partial charge in [0.1, 0.15) is 5.82 Å². The van der Waals surface area contributed by atoms with Crippen molar-refractivity contribution >= 4 is 28.2 Å². The molecule has 1 aromatic carbocycles. The molecule has 0 unspecified atom stereocenters. The molecule has 0 saturated heterocycles. The summed E-state index contributed by atoms with van der Waals surface area (Å²) in [6, 6.07) is 8.06. The van der Waals surface area contributed by atoms with E-state index in [2.05, 4.69) is 22.5 Å². The van der Waals surface area contributed by atoms with E-state index >= 15 is 0 Å². The lowest BCUT2D eigenvalue weighted by atomic mass is 10.3. The Labute approximate surface area is 118 Å². The molecule has 2 aromatic rings. The van der Waals surface area contributed by atoms with Gasteiger partial charge >= 0.3 is 0 Å². The van der Waals surface area contributed by atoms with Crippen molar-refractivity contribution in [2.45, 2.75) is 26.3 Å². The van der Waals surface area contributed by atoms with Gasteiger partial charge in [0.25, 0.3) is 0 Å². The van der Waals surface area contributed by atoms with Crippen molar-refractivity contribution in [2.75, 3.05) is 13.2 Å². The van der Waals surface area contributed by atoms with E-state index < -0.39 is 0 Å². The molecule has 0 bridgehead atoms. The first kappa shape index (κ1) is 14.0. The standard InChI is InChI=1S/C14H19N3OS/c1-2-8-18-9-7-17-12-6-4-3-5-11(12)16-14(17)10-13(15)19/h3-6H,2,7-10H2,1H3,(H2,15,19). The number of para-hydroxylation sites is 2. The summed E-state index contributed by atoms with van der Waals surface area (Å²) in [7, 11) is 0. The normalized spacial score (nSPS) is 11.0. The molecule has 19 heavy (non-hydrogen) atoms. The van der Waals surface area contributed by atoms with E-state index in [9.17, 15) is 0 Å². The van der Waals surface area contributed by atoms with Crippen LogP contribution in [0, 0.1) is 0 Å². The fraction of sp³-hybridized carbons (Fsp3) is 0.429. The highest BCUT2D eigenvalue weighted by Gasteiger charge is 2.10. The van der Waals surface area contributed by atoms with Crippen LogP contribution in [0.2, 0.25) is 0 Å². The molecule has 2 N–H and O–H groups in total. The summed E-state index contributed by atoms with van der Waals surface area (Å²) in [5.41, 5.74) is 7.72. The predicted molar refractivity (Wildman–Crippen MR) is 81.3 cm³/mol. The molecule has 0 aliphatic rings. The highest BCUT2D eigenvalue weighted by Crippen LogP contribution is 2.16. The average Bonchev–Trinajstić information content (AvgIpc) is 2.72. The van der Waals surface area contributed by atoms with Gasteiger partial charge in [-0.15, -0.1) is 0 Å². The van der Waals surface area contributed by atoms with Gasteiger partial charge in [-0.25, -0.2) is 4.98 Å². The minimum absolute atomic E-state index is 0.464. The van der Waals surface area contributed by atoms with Gasteiger partial charge in [0.05, 0.1) is 29.0 Å². The molecule has 1 heterocycles. The molecule has 1 aromatic heterocycles. The third-order valence-electron chi connectivity index (χ3n) is 2.87. The zero-order chi connectivity index (χ0) is 13.7. The maximum Gasteiger partial charge on any atom is 0.116 e. The Morgan fingerprint density at radius 2 is 2.16 bits per heavy atom. The second kappa shape index (κ2) is 6.63. The van der Waals surface area contributed by atoms with Crippen molar-refractivity contribution in [3.05, 3.63) is 30.1 Å². The predicted octanol–water partition coefficient (Wildman–Crippen LogP) is 2.29. The molecule has 0 saturated carbocycles. The van der Waals surface area contributed by atoms with Crippen LogP contribution in [-0.4, -0.2) is 27.8 Å². The van der Waals surface area contributed by atoms with Gasteiger partial charge in [-0.05, 0) is 18.6 Å². The SMILES string of the molecule is CCCOCCn1c(CC(N)=S)nc2ccccc21. The fourth-order valence-electron chi connectivity index (χ4n) is 2.07. The van der Waals surface area contributed by atoms with E-state index in [1.807, 2.05) is 18.2 Å². The van der Waals surface area contributed by atoms with E-state index in [-0.39, 0.29) is 0 Å². The minimum Gasteiger partial charge on any atom is -0.393 e. The van der Waals surface area contributed by atoms with E-state index in [0.29, 0.717) is 18.0 Å². The second-order valence-corrected chi connectivity index (χ2v) is 4.95. The first-order valence-corrected chi connectivity index (χ1v) is 6.93. The summed E-state index contributed by atoms with van der Waals surface area (Å²) in [6.07, 6.45) is 1.56. The zero-order valence-electron chi connectivity index (χ0n) is 11.1. The topological polar surface area (TPSA) is 53.1 Å². The number of rotatable bonds is 7. The molecule has 0 amide bonds. The molecule has 2 rings (SSSR count). The lowest BCUT2D eigenvalue weighted by molar-refractivity contribution is 0.127. The van der Waals surface area contributed by atoms with Crippen LogP contribution in [0.1, 0.15) is 19.2 Å². The van der Waals surface area contributed by atoms with Crippen molar-refractivity contribution in [2.24, 2.45) is 5.73 Å². The third kappa shape index (κ3) is 3.52. The largest absolute Gasteiger partial charge is 0.393 e. The number of nitrogens with zero attached hydrogens (tertiary/aromatic N) is 2. The van der Waals surface area contributed by atoms with Crippen LogP contribution in [0.3, 0.4) is 0 Å². The van der Waals surface area contributed by atoms with Gasteiger partial charge in [0.15, 0.2) is 0 Å². The monoisotopic (exact) mass is 277 g/mol. The summed E-state index contributed by atoms with van der Waals surface area (Å²) in [4.78, 5) is 5.06. The quantitative estimate of drug-likeness (QED) is 0.623. The first-order chi connectivity index (χ1) is 9.22. The Kier molecular flexibility index (Phi) is 4.87. The average molecular weight is 277 g/mol. The molecular formula is C14H19N3OS. The molecule has 102 valence electrons. The van der Waals surface area contributed by atoms with Gasteiger partial charge in [0.2, 0.25) is 0 Å². The van der Waals surface area contributed by atoms with Gasteiger partial charge in [-0.2, -0.15) is 0 Å². The molecule has 0 radical (unpaired) electrons. The Morgan fingerprint density at radius 3 is 2.89 bits per heavy atom. The van der Waals surface area contributed by atoms with Crippen LogP contribution in [0.25, 0.3) is 11.0 Å². The van der Waals surface area contributed by atoms with E-state index in [0.717, 1.165) is 36.4 Å². The smallest absolute Gasteiger partial charge is 0.116 e. The summed E-state index contributed by atoms with van der Waals surface area (Å²) in [6.45, 7) is 4.35. The lowest BCUT2D eigenvalue weighted by Gasteiger charge is -2.09. The molecule has 0 spiro atoms. The first-order valence-electron chi connectivity index (χ1n) is 6.52. The molecule has 5 heteroatoms. The molecule has 4 nitrogen and oxygen atoms in total. The highest BCUT2D eigenvalue weighted by molar-refractivity contribution is 7.80. The van der Waals surface area contributed by atoms with E-state index in [1.165, 1.54) is 0 Å². The summed E-state index contributed by atoms with van der Waals surface area (Å²) < 4.78 is 7.70. The summed E-state index contributed by atoms with van der Waals surface area (Å²) in [5, 5.41) is 0. The summed E-state index contributed by atoms with van der Waals surface area (Å²) in [5.74, 6) is 0.911. The number of hydrogen-bond donors (Lipinski definition) is 1. The Morgan fingerprint density at radius 1 is 1.37 bits per heavy atom. The van der Waals surface area contributed by atoms with Crippen molar-refractivity contribution in [1.29, 1.82) is 0 Å². The Balaban J connectivity index is 2.23. The van der Waals surface area contributed by atoms with Gasteiger partial charge < -0.3 is 15.0 Å². The third-order valence-corrected chi connectivity index (χ3v) is 3.02. The van der Waals surface area contributed by atoms with Crippen LogP contribution in [0.5, 0.6) is 0 Å². The number of benzene rings is 1. The molecule has 0 aliphatic carbocycles. The molecular weight excluding hydrogens is 258 g/mol. The van der Waals surface area contributed by atoms with E-state index in [4.69, 9.17) is 22.7 Å². The van der Waals surface area contributed by atoms with E-state index in [1.54, 1.807) is 0 Å². The maximum absolute atomic E-state index is 5.64. The van der Waals surface area contributed by atoms with Gasteiger partial charge in [-0.1, -0.05) is 31.3 Å². The number of thiocarbonyl (C=S) groups is 1. The van der Waals surface area contributed by atoms with Crippen LogP contribution >= 0.6 is 12.2 Å². The second-order valence-electron chi connectivity index (χ2n) is 4.42. The van der Waals surface area contributed by atoms with Crippen LogP contribution in [0.4, 0.5) is 0 Å². The van der Waals surface area contributed by atoms with Crippen molar-refractivity contribution < 1.29 is 4.74 Å². The number of hydrogen-bond acceptors (Lipinski definition) is 3. The highest BCUT2D eigenvalue weighted by atomic mass is 32.1. The maximum atomic E-state index is 5.64. The zero-order valence-corrected chi connectivity index (χ0v) is 11.9. The molecule has 0 aliphatic heterocycles. The Bertz CT molecular complexity index is 565. The number of fused-ring (bicyclic) bond motifs is 1. The van der Waals surface area contributed by atoms with Crippen LogP contribution < -0.4 is 5.73 Å². The van der Waals surface area contributed by atoms with Crippen LogP contribution in [0.15, 0.2) is 24.3 Å². The molecule has 0 fully saturated rings. The molecule has 0 atom stereocenters. The number of nitrogens with two attached hydrogens (primary N) is 1. The van der Waals surface area contributed by atoms with Crippen LogP contribution in [-0.2, 0) is 17.7 Å². The Hall–Kier alpha value is -1.46. The van der Waals surface area contributed by atoms with Crippen molar-refractivity contribution in [1.82, 2.24) is 9.55 Å². The van der Waals surface area contributed by atoms with Gasteiger partial charge in [0, 0.05) is 13.2 Å². The van der Waals surface area contributed by atoms with Gasteiger partial charge in [-0.3, -0.25) is 0 Å². The van der Waals surface area contributed by atoms with Crippen molar-refractivity contribution in [3.8, 4) is 0 Å². The number of imidazole rings is 1.